The van der Waals surface area contributed by atoms with Crippen LogP contribution in [0.25, 0.3) is 10.9 Å². The minimum absolute atomic E-state index is 0.0968. The minimum Gasteiger partial charge on any atom is -0.354 e. The first-order chi connectivity index (χ1) is 10.7. The van der Waals surface area contributed by atoms with Crippen LogP contribution in [0.2, 0.25) is 0 Å². The molecule has 1 N–H and O–H groups in total. The summed E-state index contributed by atoms with van der Waals surface area (Å²) in [5, 5.41) is 12.2. The van der Waals surface area contributed by atoms with E-state index in [1.54, 1.807) is 22.8 Å². The molecule has 0 unspecified atom stereocenters. The van der Waals surface area contributed by atoms with E-state index >= 15 is 0 Å². The van der Waals surface area contributed by atoms with Gasteiger partial charge in [-0.1, -0.05) is 23.9 Å². The van der Waals surface area contributed by atoms with Crippen molar-refractivity contribution in [1.29, 1.82) is 5.26 Å². The van der Waals surface area contributed by atoms with E-state index in [2.05, 4.69) is 10.3 Å². The van der Waals surface area contributed by atoms with Gasteiger partial charge >= 0.3 is 0 Å². The van der Waals surface area contributed by atoms with E-state index < -0.39 is 0 Å². The largest absolute Gasteiger partial charge is 0.354 e. The molecule has 0 saturated carbocycles. The van der Waals surface area contributed by atoms with E-state index in [1.165, 1.54) is 11.8 Å². The third-order valence-electron chi connectivity index (χ3n) is 3.03. The van der Waals surface area contributed by atoms with Gasteiger partial charge in [-0.15, -0.1) is 0 Å². The van der Waals surface area contributed by atoms with Gasteiger partial charge in [-0.05, 0) is 19.1 Å². The van der Waals surface area contributed by atoms with Crippen molar-refractivity contribution in [2.24, 2.45) is 0 Å². The summed E-state index contributed by atoms with van der Waals surface area (Å²) in [7, 11) is 0. The number of nitriles is 1. The lowest BCUT2D eigenvalue weighted by atomic mass is 10.2. The Morgan fingerprint density at radius 3 is 2.95 bits per heavy atom. The molecule has 0 fully saturated rings. The van der Waals surface area contributed by atoms with Crippen LogP contribution in [0.3, 0.4) is 0 Å². The molecule has 114 valence electrons. The lowest BCUT2D eigenvalue weighted by Crippen LogP contribution is -2.27. The zero-order valence-electron chi connectivity index (χ0n) is 12.2. The molecule has 22 heavy (non-hydrogen) atoms. The third-order valence-corrected chi connectivity index (χ3v) is 4.01. The number of benzene rings is 1. The first-order valence-electron chi connectivity index (χ1n) is 6.93. The maximum atomic E-state index is 12.4. The fourth-order valence-corrected chi connectivity index (χ4v) is 2.87. The molecule has 6 nitrogen and oxygen atoms in total. The lowest BCUT2D eigenvalue weighted by Gasteiger charge is -2.11. The Bertz CT molecular complexity index is 779. The van der Waals surface area contributed by atoms with E-state index in [9.17, 15) is 9.59 Å². The van der Waals surface area contributed by atoms with Crippen LogP contribution in [-0.4, -0.2) is 27.8 Å². The molecule has 0 saturated heterocycles. The predicted octanol–water partition coefficient (Wildman–Crippen LogP) is 1.54. The molecule has 1 amide bonds. The zero-order chi connectivity index (χ0) is 15.9. The summed E-state index contributed by atoms with van der Waals surface area (Å²) in [6.45, 7) is 2.70. The smallest absolute Gasteiger partial charge is 0.262 e. The Hall–Kier alpha value is -2.33. The lowest BCUT2D eigenvalue weighted by molar-refractivity contribution is -0.118. The van der Waals surface area contributed by atoms with Gasteiger partial charge < -0.3 is 5.32 Å². The highest BCUT2D eigenvalue weighted by atomic mass is 32.2. The summed E-state index contributed by atoms with van der Waals surface area (Å²) in [6.07, 6.45) is 0.282. The van der Waals surface area contributed by atoms with Crippen LogP contribution in [0.15, 0.2) is 34.2 Å². The number of fused-ring (bicyclic) bond motifs is 1. The molecule has 0 spiro atoms. The van der Waals surface area contributed by atoms with Gasteiger partial charge in [0.2, 0.25) is 5.91 Å². The van der Waals surface area contributed by atoms with Crippen molar-refractivity contribution in [1.82, 2.24) is 14.9 Å². The molecule has 2 aromatic rings. The molecule has 1 aromatic carbocycles. The monoisotopic (exact) mass is 316 g/mol. The summed E-state index contributed by atoms with van der Waals surface area (Å²) in [4.78, 5) is 28.6. The van der Waals surface area contributed by atoms with Crippen molar-refractivity contribution in [2.75, 3.05) is 12.3 Å². The van der Waals surface area contributed by atoms with E-state index in [0.29, 0.717) is 29.1 Å². The second kappa shape index (κ2) is 7.61. The van der Waals surface area contributed by atoms with Crippen molar-refractivity contribution in [3.05, 3.63) is 34.6 Å². The molecule has 2 rings (SSSR count). The highest BCUT2D eigenvalue weighted by Crippen LogP contribution is 2.17. The summed E-state index contributed by atoms with van der Waals surface area (Å²) in [5.74, 6) is -0.0127. The highest BCUT2D eigenvalue weighted by molar-refractivity contribution is 7.99. The van der Waals surface area contributed by atoms with Gasteiger partial charge in [-0.25, -0.2) is 4.98 Å². The normalized spacial score (nSPS) is 10.4. The highest BCUT2D eigenvalue weighted by Gasteiger charge is 2.11. The van der Waals surface area contributed by atoms with Gasteiger partial charge in [0.25, 0.3) is 5.56 Å². The zero-order valence-corrected chi connectivity index (χ0v) is 13.0. The Morgan fingerprint density at radius 1 is 1.45 bits per heavy atom. The molecular weight excluding hydrogens is 300 g/mol. The standard InChI is InChI=1S/C15H16N4O2S/c1-2-19-14(21)11-6-3-4-7-12(11)18-15(19)22-10-13(20)17-9-5-8-16/h3-4,6-7H,2,5,9-10H2,1H3,(H,17,20). The second-order valence-electron chi connectivity index (χ2n) is 4.51. The first kappa shape index (κ1) is 16.0. The van der Waals surface area contributed by atoms with Gasteiger partial charge in [-0.2, -0.15) is 5.26 Å². The number of thioether (sulfide) groups is 1. The van der Waals surface area contributed by atoms with Crippen molar-refractivity contribution in [3.8, 4) is 6.07 Å². The Morgan fingerprint density at radius 2 is 2.23 bits per heavy atom. The quantitative estimate of drug-likeness (QED) is 0.496. The Balaban J connectivity index is 2.19. The molecule has 7 heteroatoms. The number of rotatable bonds is 6. The van der Waals surface area contributed by atoms with Crippen molar-refractivity contribution >= 4 is 28.6 Å². The number of hydrogen-bond donors (Lipinski definition) is 1. The molecule has 0 aliphatic carbocycles. The van der Waals surface area contributed by atoms with Gasteiger partial charge in [0.1, 0.15) is 0 Å². The summed E-state index contributed by atoms with van der Waals surface area (Å²) >= 11 is 1.22. The molecule has 0 bridgehead atoms. The number of aromatic nitrogens is 2. The number of amides is 1. The molecular formula is C15H16N4O2S. The topological polar surface area (TPSA) is 87.8 Å². The van der Waals surface area contributed by atoms with E-state index in [-0.39, 0.29) is 23.6 Å². The fraction of sp³-hybridized carbons (Fsp3) is 0.333. The van der Waals surface area contributed by atoms with E-state index in [4.69, 9.17) is 5.26 Å². The van der Waals surface area contributed by atoms with Crippen molar-refractivity contribution < 1.29 is 4.79 Å². The minimum atomic E-state index is -0.176. The summed E-state index contributed by atoms with van der Waals surface area (Å²) < 4.78 is 1.57. The third kappa shape index (κ3) is 3.65. The summed E-state index contributed by atoms with van der Waals surface area (Å²) in [6, 6.07) is 9.13. The molecule has 0 atom stereocenters. The maximum absolute atomic E-state index is 12.4. The summed E-state index contributed by atoms with van der Waals surface area (Å²) in [5.41, 5.74) is 0.532. The van der Waals surface area contributed by atoms with Crippen LogP contribution in [-0.2, 0) is 11.3 Å². The van der Waals surface area contributed by atoms with E-state index in [1.807, 2.05) is 19.1 Å². The van der Waals surface area contributed by atoms with Crippen LogP contribution in [0.5, 0.6) is 0 Å². The maximum Gasteiger partial charge on any atom is 0.262 e. The molecule has 0 aliphatic heterocycles. The van der Waals surface area contributed by atoms with Crippen molar-refractivity contribution in [2.45, 2.75) is 25.0 Å². The number of carbonyl (C=O) groups excluding carboxylic acids is 1. The van der Waals surface area contributed by atoms with Gasteiger partial charge in [0.05, 0.1) is 29.1 Å². The predicted molar refractivity (Wildman–Crippen MR) is 85.6 cm³/mol. The molecule has 0 aliphatic rings. The van der Waals surface area contributed by atoms with Crippen LogP contribution >= 0.6 is 11.8 Å². The average Bonchev–Trinajstić information content (AvgIpc) is 2.53. The number of nitrogens with zero attached hydrogens (tertiary/aromatic N) is 3. The van der Waals surface area contributed by atoms with Crippen LogP contribution in [0.1, 0.15) is 13.3 Å². The van der Waals surface area contributed by atoms with Crippen LogP contribution in [0.4, 0.5) is 0 Å². The fourth-order valence-electron chi connectivity index (χ4n) is 1.98. The number of carbonyl (C=O) groups is 1. The first-order valence-corrected chi connectivity index (χ1v) is 7.92. The average molecular weight is 316 g/mol. The molecule has 0 radical (unpaired) electrons. The van der Waals surface area contributed by atoms with Crippen LogP contribution < -0.4 is 10.9 Å². The number of hydrogen-bond acceptors (Lipinski definition) is 5. The van der Waals surface area contributed by atoms with E-state index in [0.717, 1.165) is 0 Å². The van der Waals surface area contributed by atoms with Crippen molar-refractivity contribution in [3.63, 3.8) is 0 Å². The van der Waals surface area contributed by atoms with Gasteiger partial charge in [0.15, 0.2) is 5.16 Å². The Labute approximate surface area is 132 Å². The molecule has 1 aromatic heterocycles. The van der Waals surface area contributed by atoms with Gasteiger partial charge in [0, 0.05) is 13.1 Å². The SMILES string of the molecule is CCn1c(SCC(=O)NCCC#N)nc2ccccc2c1=O. The number of nitrogens with one attached hydrogen (secondary N) is 1. The molecule has 1 heterocycles. The number of para-hydroxylation sites is 1. The second-order valence-corrected chi connectivity index (χ2v) is 5.45. The van der Waals surface area contributed by atoms with Crippen LogP contribution in [0, 0.1) is 11.3 Å². The Kier molecular flexibility index (Phi) is 5.55. The van der Waals surface area contributed by atoms with Gasteiger partial charge in [-0.3, -0.25) is 14.2 Å².